The molecule has 0 spiro atoms. The lowest BCUT2D eigenvalue weighted by molar-refractivity contribution is -0.101. The van der Waals surface area contributed by atoms with Gasteiger partial charge in [0, 0.05) is 11.5 Å². The van der Waals surface area contributed by atoms with Crippen LogP contribution >= 0.6 is 0 Å². The summed E-state index contributed by atoms with van der Waals surface area (Å²) >= 11 is 0. The standard InChI is InChI=1S/C20H29NO2/c1-3-14-21-15-8-13-20(2)17(21)11-7-12-18(20)23-19(22)16-9-5-4-6-10-16/h4-6,9-10,17-18H,3,7-8,11-15H2,1-2H3. The molecule has 2 fully saturated rings. The average molecular weight is 315 g/mol. The number of benzene rings is 1. The lowest BCUT2D eigenvalue weighted by Gasteiger charge is -2.54. The highest BCUT2D eigenvalue weighted by molar-refractivity contribution is 5.89. The van der Waals surface area contributed by atoms with Crippen LogP contribution in [-0.4, -0.2) is 36.1 Å². The van der Waals surface area contributed by atoms with Crippen molar-refractivity contribution >= 4 is 5.97 Å². The Morgan fingerprint density at radius 3 is 2.78 bits per heavy atom. The van der Waals surface area contributed by atoms with E-state index < -0.39 is 0 Å². The second-order valence-electron chi connectivity index (χ2n) is 7.35. The van der Waals surface area contributed by atoms with Gasteiger partial charge in [0.15, 0.2) is 0 Å². The number of hydrogen-bond donors (Lipinski definition) is 0. The van der Waals surface area contributed by atoms with Crippen LogP contribution in [0.1, 0.15) is 62.7 Å². The third kappa shape index (κ3) is 3.30. The predicted molar refractivity (Wildman–Crippen MR) is 92.5 cm³/mol. The van der Waals surface area contributed by atoms with Crippen LogP contribution in [0, 0.1) is 5.41 Å². The van der Waals surface area contributed by atoms with Gasteiger partial charge >= 0.3 is 5.97 Å². The molecule has 3 unspecified atom stereocenters. The molecule has 0 amide bonds. The number of carbonyl (C=O) groups is 1. The normalized spacial score (nSPS) is 31.4. The molecule has 1 aliphatic carbocycles. The molecule has 1 heterocycles. The summed E-state index contributed by atoms with van der Waals surface area (Å²) in [5, 5.41) is 0. The quantitative estimate of drug-likeness (QED) is 0.777. The summed E-state index contributed by atoms with van der Waals surface area (Å²) in [5.41, 5.74) is 0.773. The summed E-state index contributed by atoms with van der Waals surface area (Å²) in [5.74, 6) is -0.162. The molecule has 2 aliphatic rings. The molecule has 0 radical (unpaired) electrons. The van der Waals surface area contributed by atoms with Crippen molar-refractivity contribution in [2.24, 2.45) is 5.41 Å². The third-order valence-electron chi connectivity index (χ3n) is 5.81. The van der Waals surface area contributed by atoms with Crippen LogP contribution in [0.5, 0.6) is 0 Å². The topological polar surface area (TPSA) is 29.5 Å². The highest BCUT2D eigenvalue weighted by Crippen LogP contribution is 2.47. The minimum absolute atomic E-state index is 0.0496. The molecule has 0 N–H and O–H groups in total. The number of nitrogens with zero attached hydrogens (tertiary/aromatic N) is 1. The Labute approximate surface area is 140 Å². The molecular formula is C20H29NO2. The van der Waals surface area contributed by atoms with Crippen molar-refractivity contribution in [3.05, 3.63) is 35.9 Å². The van der Waals surface area contributed by atoms with Gasteiger partial charge in [-0.25, -0.2) is 4.79 Å². The summed E-state index contributed by atoms with van der Waals surface area (Å²) in [6.07, 6.45) is 7.04. The molecule has 3 atom stereocenters. The number of rotatable bonds is 4. The van der Waals surface area contributed by atoms with E-state index in [-0.39, 0.29) is 17.5 Å². The van der Waals surface area contributed by atoms with E-state index in [0.717, 1.165) is 12.8 Å². The van der Waals surface area contributed by atoms with Crippen LogP contribution in [-0.2, 0) is 4.74 Å². The van der Waals surface area contributed by atoms with E-state index in [4.69, 9.17) is 4.74 Å². The first kappa shape index (κ1) is 16.5. The fourth-order valence-corrected chi connectivity index (χ4v) is 4.64. The average Bonchev–Trinajstić information content (AvgIpc) is 2.57. The van der Waals surface area contributed by atoms with Gasteiger partial charge in [0.1, 0.15) is 6.10 Å². The first-order chi connectivity index (χ1) is 11.1. The second-order valence-corrected chi connectivity index (χ2v) is 7.35. The van der Waals surface area contributed by atoms with Crippen molar-refractivity contribution < 1.29 is 9.53 Å². The SMILES string of the molecule is CCCN1CCCC2(C)C(OC(=O)c3ccccc3)CCCC12. The molecule has 1 saturated carbocycles. The minimum atomic E-state index is -0.162. The van der Waals surface area contributed by atoms with Crippen molar-refractivity contribution in [2.75, 3.05) is 13.1 Å². The molecule has 1 saturated heterocycles. The fraction of sp³-hybridized carbons (Fsp3) is 0.650. The molecule has 3 heteroatoms. The summed E-state index contributed by atoms with van der Waals surface area (Å²) in [4.78, 5) is 15.1. The third-order valence-corrected chi connectivity index (χ3v) is 5.81. The van der Waals surface area contributed by atoms with E-state index in [0.29, 0.717) is 11.6 Å². The van der Waals surface area contributed by atoms with E-state index in [2.05, 4.69) is 18.7 Å². The molecule has 126 valence electrons. The number of carbonyl (C=O) groups excluding carboxylic acids is 1. The molecule has 0 bridgehead atoms. The van der Waals surface area contributed by atoms with Gasteiger partial charge < -0.3 is 4.74 Å². The Bertz CT molecular complexity index is 528. The second kappa shape index (κ2) is 7.04. The predicted octanol–water partition coefficient (Wildman–Crippen LogP) is 4.28. The van der Waals surface area contributed by atoms with Crippen LogP contribution < -0.4 is 0 Å². The van der Waals surface area contributed by atoms with E-state index in [1.165, 1.54) is 38.8 Å². The molecule has 1 aromatic rings. The van der Waals surface area contributed by atoms with Crippen molar-refractivity contribution in [1.82, 2.24) is 4.90 Å². The maximum Gasteiger partial charge on any atom is 0.338 e. The molecular weight excluding hydrogens is 286 g/mol. The van der Waals surface area contributed by atoms with E-state index in [9.17, 15) is 4.79 Å². The van der Waals surface area contributed by atoms with Gasteiger partial charge in [-0.05, 0) is 63.7 Å². The van der Waals surface area contributed by atoms with Crippen molar-refractivity contribution in [3.63, 3.8) is 0 Å². The number of fused-ring (bicyclic) bond motifs is 1. The van der Waals surface area contributed by atoms with Crippen LogP contribution in [0.2, 0.25) is 0 Å². The first-order valence-corrected chi connectivity index (χ1v) is 9.15. The van der Waals surface area contributed by atoms with Crippen molar-refractivity contribution in [2.45, 2.75) is 64.5 Å². The van der Waals surface area contributed by atoms with Gasteiger partial charge in [0.25, 0.3) is 0 Å². The summed E-state index contributed by atoms with van der Waals surface area (Å²) < 4.78 is 6.01. The molecule has 1 aliphatic heterocycles. The first-order valence-electron chi connectivity index (χ1n) is 9.15. The maximum absolute atomic E-state index is 12.5. The molecule has 3 nitrogen and oxygen atoms in total. The smallest absolute Gasteiger partial charge is 0.338 e. The fourth-order valence-electron chi connectivity index (χ4n) is 4.64. The van der Waals surface area contributed by atoms with Gasteiger partial charge in [-0.15, -0.1) is 0 Å². The van der Waals surface area contributed by atoms with E-state index in [1.807, 2.05) is 30.3 Å². The van der Waals surface area contributed by atoms with Crippen LogP contribution in [0.4, 0.5) is 0 Å². The number of ether oxygens (including phenoxy) is 1. The Morgan fingerprint density at radius 1 is 1.26 bits per heavy atom. The number of piperidine rings is 1. The van der Waals surface area contributed by atoms with Gasteiger partial charge in [0.2, 0.25) is 0 Å². The summed E-state index contributed by atoms with van der Waals surface area (Å²) in [6, 6.07) is 9.97. The van der Waals surface area contributed by atoms with Gasteiger partial charge in [0.05, 0.1) is 5.56 Å². The monoisotopic (exact) mass is 315 g/mol. The van der Waals surface area contributed by atoms with Gasteiger partial charge in [-0.2, -0.15) is 0 Å². The largest absolute Gasteiger partial charge is 0.458 e. The highest BCUT2D eigenvalue weighted by atomic mass is 16.5. The highest BCUT2D eigenvalue weighted by Gasteiger charge is 2.49. The Kier molecular flexibility index (Phi) is 5.05. The van der Waals surface area contributed by atoms with Crippen LogP contribution in [0.25, 0.3) is 0 Å². The van der Waals surface area contributed by atoms with Gasteiger partial charge in [-0.3, -0.25) is 4.90 Å². The summed E-state index contributed by atoms with van der Waals surface area (Å²) in [6.45, 7) is 6.97. The lowest BCUT2D eigenvalue weighted by atomic mass is 9.64. The zero-order chi connectivity index (χ0) is 16.3. The van der Waals surface area contributed by atoms with E-state index in [1.54, 1.807) is 0 Å². The van der Waals surface area contributed by atoms with E-state index >= 15 is 0 Å². The van der Waals surface area contributed by atoms with Crippen molar-refractivity contribution in [1.29, 1.82) is 0 Å². The molecule has 23 heavy (non-hydrogen) atoms. The van der Waals surface area contributed by atoms with Crippen LogP contribution in [0.15, 0.2) is 30.3 Å². The Hall–Kier alpha value is -1.35. The van der Waals surface area contributed by atoms with Gasteiger partial charge in [-0.1, -0.05) is 32.0 Å². The summed E-state index contributed by atoms with van der Waals surface area (Å²) in [7, 11) is 0. The molecule has 1 aromatic carbocycles. The number of likely N-dealkylation sites (tertiary alicyclic amines) is 1. The number of esters is 1. The maximum atomic E-state index is 12.5. The number of hydrogen-bond acceptors (Lipinski definition) is 3. The zero-order valence-electron chi connectivity index (χ0n) is 14.5. The minimum Gasteiger partial charge on any atom is -0.458 e. The Balaban J connectivity index is 1.75. The molecule has 0 aromatic heterocycles. The lowest BCUT2D eigenvalue weighted by Crippen LogP contribution is -2.58. The van der Waals surface area contributed by atoms with Crippen molar-refractivity contribution in [3.8, 4) is 0 Å². The van der Waals surface area contributed by atoms with Crippen LogP contribution in [0.3, 0.4) is 0 Å². The Morgan fingerprint density at radius 2 is 2.04 bits per heavy atom. The zero-order valence-corrected chi connectivity index (χ0v) is 14.5. The molecule has 3 rings (SSSR count).